The van der Waals surface area contributed by atoms with Gasteiger partial charge >= 0.3 is 5.69 Å². The Balaban J connectivity index is 1.76. The molecule has 24 heavy (non-hydrogen) atoms. The van der Waals surface area contributed by atoms with E-state index in [0.29, 0.717) is 10.8 Å². The zero-order valence-corrected chi connectivity index (χ0v) is 14.3. The number of amides is 1. The van der Waals surface area contributed by atoms with Crippen molar-refractivity contribution in [1.82, 2.24) is 14.8 Å². The second kappa shape index (κ2) is 6.80. The number of nitrogens with zero attached hydrogens (tertiary/aromatic N) is 2. The third-order valence-electron chi connectivity index (χ3n) is 3.79. The van der Waals surface area contributed by atoms with Gasteiger partial charge in [-0.3, -0.25) is 9.36 Å². The van der Waals surface area contributed by atoms with Gasteiger partial charge in [-0.05, 0) is 43.0 Å². The first kappa shape index (κ1) is 16.8. The Bertz CT molecular complexity index is 780. The van der Waals surface area contributed by atoms with Gasteiger partial charge in [0.25, 0.3) is 0 Å². The van der Waals surface area contributed by atoms with E-state index in [4.69, 9.17) is 0 Å². The van der Waals surface area contributed by atoms with Gasteiger partial charge in [-0.15, -0.1) is 5.10 Å². The molecular formula is C16H19FN4O2S. The summed E-state index contributed by atoms with van der Waals surface area (Å²) in [6.45, 7) is 3.88. The van der Waals surface area contributed by atoms with Crippen LogP contribution in [0.25, 0.3) is 0 Å². The number of halogens is 1. The van der Waals surface area contributed by atoms with E-state index in [1.54, 1.807) is 4.57 Å². The smallest absolute Gasteiger partial charge is 0.325 e. The molecule has 1 aromatic heterocycles. The van der Waals surface area contributed by atoms with Crippen molar-refractivity contribution in [1.29, 1.82) is 0 Å². The maximum Gasteiger partial charge on any atom is 0.344 e. The summed E-state index contributed by atoms with van der Waals surface area (Å²) in [5, 5.41) is 9.43. The molecule has 0 aliphatic heterocycles. The van der Waals surface area contributed by atoms with Crippen molar-refractivity contribution >= 4 is 23.4 Å². The van der Waals surface area contributed by atoms with Crippen LogP contribution in [0, 0.1) is 11.7 Å². The number of hydrogen-bond donors (Lipinski definition) is 2. The molecule has 1 aromatic carbocycles. The highest BCUT2D eigenvalue weighted by Gasteiger charge is 2.32. The normalized spacial score (nSPS) is 15.5. The molecule has 1 amide bonds. The summed E-state index contributed by atoms with van der Waals surface area (Å²) in [5.41, 5.74) is 0.302. The molecule has 128 valence electrons. The lowest BCUT2D eigenvalue weighted by atomic mass is 10.1. The van der Waals surface area contributed by atoms with Crippen molar-refractivity contribution in [3.8, 4) is 0 Å². The first-order valence-electron chi connectivity index (χ1n) is 7.85. The number of benzene rings is 1. The Kier molecular flexibility index (Phi) is 4.75. The van der Waals surface area contributed by atoms with Gasteiger partial charge in [0.1, 0.15) is 5.82 Å². The number of carbonyl (C=O) groups is 1. The fraction of sp³-hybridized carbons (Fsp3) is 0.438. The van der Waals surface area contributed by atoms with Gasteiger partial charge in [0.2, 0.25) is 5.91 Å². The molecule has 1 aliphatic rings. The van der Waals surface area contributed by atoms with E-state index in [-0.39, 0.29) is 29.4 Å². The van der Waals surface area contributed by atoms with Crippen LogP contribution in [0.4, 0.5) is 10.1 Å². The van der Waals surface area contributed by atoms with Gasteiger partial charge in [-0.2, -0.15) is 0 Å². The number of H-pyrrole nitrogens is 1. The van der Waals surface area contributed by atoms with Crippen LogP contribution in [0.2, 0.25) is 0 Å². The number of carbonyl (C=O) groups excluding carboxylic acids is 1. The summed E-state index contributed by atoms with van der Waals surface area (Å²) < 4.78 is 14.6. The summed E-state index contributed by atoms with van der Waals surface area (Å²) in [4.78, 5) is 24.5. The number of rotatable bonds is 6. The number of aromatic nitrogens is 3. The van der Waals surface area contributed by atoms with Gasteiger partial charge in [-0.25, -0.2) is 14.3 Å². The highest BCUT2D eigenvalue weighted by atomic mass is 32.2. The average Bonchev–Trinajstić information content (AvgIpc) is 3.30. The van der Waals surface area contributed by atoms with E-state index in [0.717, 1.165) is 12.8 Å². The molecule has 0 radical (unpaired) electrons. The molecule has 2 N–H and O–H groups in total. The number of nitrogens with one attached hydrogen (secondary N) is 2. The van der Waals surface area contributed by atoms with E-state index in [2.05, 4.69) is 15.5 Å². The predicted molar refractivity (Wildman–Crippen MR) is 90.6 cm³/mol. The minimum atomic E-state index is -0.414. The Hall–Kier alpha value is -2.09. The zero-order valence-electron chi connectivity index (χ0n) is 13.5. The van der Waals surface area contributed by atoms with Crippen molar-refractivity contribution in [2.24, 2.45) is 5.92 Å². The van der Waals surface area contributed by atoms with Gasteiger partial charge in [0.05, 0.1) is 5.25 Å². The van der Waals surface area contributed by atoms with Crippen LogP contribution in [-0.2, 0) is 4.79 Å². The van der Waals surface area contributed by atoms with Crippen LogP contribution >= 0.6 is 11.8 Å². The molecule has 0 saturated heterocycles. The van der Waals surface area contributed by atoms with Gasteiger partial charge in [0, 0.05) is 11.7 Å². The largest absolute Gasteiger partial charge is 0.344 e. The van der Waals surface area contributed by atoms with Crippen LogP contribution < -0.4 is 11.0 Å². The number of anilines is 1. The molecule has 1 unspecified atom stereocenters. The predicted octanol–water partition coefficient (Wildman–Crippen LogP) is 2.80. The lowest BCUT2D eigenvalue weighted by molar-refractivity contribution is -0.116. The molecule has 0 spiro atoms. The van der Waals surface area contributed by atoms with Crippen LogP contribution in [0.5, 0.6) is 0 Å². The van der Waals surface area contributed by atoms with Gasteiger partial charge < -0.3 is 5.32 Å². The minimum Gasteiger partial charge on any atom is -0.325 e. The number of thioether (sulfide) groups is 1. The molecule has 3 rings (SSSR count). The summed E-state index contributed by atoms with van der Waals surface area (Å²) >= 11 is 1.28. The summed E-state index contributed by atoms with van der Waals surface area (Å²) in [6.07, 6.45) is 1.92. The van der Waals surface area contributed by atoms with E-state index in [1.807, 2.05) is 13.8 Å². The Morgan fingerprint density at radius 2 is 2.04 bits per heavy atom. The summed E-state index contributed by atoms with van der Waals surface area (Å²) in [7, 11) is 0. The summed E-state index contributed by atoms with van der Waals surface area (Å²) in [5.74, 6) is -0.512. The molecule has 1 saturated carbocycles. The quantitative estimate of drug-likeness (QED) is 0.785. The second-order valence-corrected chi connectivity index (χ2v) is 7.30. The lowest BCUT2D eigenvalue weighted by Gasteiger charge is -2.19. The SMILES string of the molecule is CC(C)C(Sc1n[nH]c(=O)n1C1CC1)C(=O)Nc1ccc(F)cc1. The van der Waals surface area contributed by atoms with Gasteiger partial charge in [-0.1, -0.05) is 25.6 Å². The van der Waals surface area contributed by atoms with Crippen molar-refractivity contribution < 1.29 is 9.18 Å². The molecule has 1 aliphatic carbocycles. The van der Waals surface area contributed by atoms with Gasteiger partial charge in [0.15, 0.2) is 5.16 Å². The van der Waals surface area contributed by atoms with Crippen LogP contribution in [0.15, 0.2) is 34.2 Å². The fourth-order valence-electron chi connectivity index (χ4n) is 2.38. The summed E-state index contributed by atoms with van der Waals surface area (Å²) in [6, 6.07) is 5.82. The molecule has 1 fully saturated rings. The van der Waals surface area contributed by atoms with Crippen molar-refractivity contribution in [2.75, 3.05) is 5.32 Å². The first-order chi connectivity index (χ1) is 11.5. The average molecular weight is 350 g/mol. The van der Waals surface area contributed by atoms with Crippen LogP contribution in [0.3, 0.4) is 0 Å². The molecule has 6 nitrogen and oxygen atoms in total. The molecule has 2 aromatic rings. The highest BCUT2D eigenvalue weighted by Crippen LogP contribution is 2.37. The van der Waals surface area contributed by atoms with E-state index >= 15 is 0 Å². The monoisotopic (exact) mass is 350 g/mol. The van der Waals surface area contributed by atoms with E-state index < -0.39 is 5.25 Å². The molecular weight excluding hydrogens is 331 g/mol. The molecule has 8 heteroatoms. The number of hydrogen-bond acceptors (Lipinski definition) is 4. The second-order valence-electron chi connectivity index (χ2n) is 6.19. The molecule has 1 atom stereocenters. The van der Waals surface area contributed by atoms with Crippen LogP contribution in [-0.4, -0.2) is 25.9 Å². The van der Waals surface area contributed by atoms with Crippen molar-refractivity contribution in [2.45, 2.75) is 43.1 Å². The first-order valence-corrected chi connectivity index (χ1v) is 8.73. The third kappa shape index (κ3) is 3.69. The maximum absolute atomic E-state index is 13.0. The lowest BCUT2D eigenvalue weighted by Crippen LogP contribution is -2.30. The van der Waals surface area contributed by atoms with Crippen LogP contribution in [0.1, 0.15) is 32.7 Å². The number of aromatic amines is 1. The highest BCUT2D eigenvalue weighted by molar-refractivity contribution is 8.00. The molecule has 0 bridgehead atoms. The molecule has 1 heterocycles. The van der Waals surface area contributed by atoms with E-state index in [1.165, 1.54) is 36.0 Å². The fourth-order valence-corrected chi connectivity index (χ4v) is 3.49. The Labute approximate surface area is 142 Å². The Morgan fingerprint density at radius 1 is 1.38 bits per heavy atom. The standard InChI is InChI=1S/C16H19FN4O2S/c1-9(2)13(14(22)18-11-5-3-10(17)4-6-11)24-16-20-19-15(23)21(16)12-7-8-12/h3-6,9,12-13H,7-8H2,1-2H3,(H,18,22)(H,19,23). The third-order valence-corrected chi connectivity index (χ3v) is 5.30. The minimum absolute atomic E-state index is 0.0369. The Morgan fingerprint density at radius 3 is 2.62 bits per heavy atom. The van der Waals surface area contributed by atoms with Crippen molar-refractivity contribution in [3.63, 3.8) is 0 Å². The topological polar surface area (TPSA) is 79.8 Å². The maximum atomic E-state index is 13.0. The van der Waals surface area contributed by atoms with Crippen molar-refractivity contribution in [3.05, 3.63) is 40.6 Å². The zero-order chi connectivity index (χ0) is 17.3. The van der Waals surface area contributed by atoms with E-state index in [9.17, 15) is 14.0 Å².